The number of benzene rings is 1. The van der Waals surface area contributed by atoms with Crippen LogP contribution in [0.4, 0.5) is 5.69 Å². The molecule has 0 saturated carbocycles. The van der Waals surface area contributed by atoms with Crippen LogP contribution in [0, 0.1) is 0 Å². The van der Waals surface area contributed by atoms with Crippen molar-refractivity contribution in [3.8, 4) is 0 Å². The minimum atomic E-state index is 0. The first-order valence-corrected chi connectivity index (χ1v) is 8.24. The lowest BCUT2D eigenvalue weighted by Crippen LogP contribution is -2.34. The van der Waals surface area contributed by atoms with Gasteiger partial charge in [0, 0.05) is 36.6 Å². The van der Waals surface area contributed by atoms with E-state index in [9.17, 15) is 4.79 Å². The molecule has 1 fully saturated rings. The molecule has 0 radical (unpaired) electrons. The molecule has 110 valence electrons. The summed E-state index contributed by atoms with van der Waals surface area (Å²) in [5.41, 5.74) is 3.29. The molecule has 0 spiro atoms. The van der Waals surface area contributed by atoms with E-state index >= 15 is 0 Å². The number of anilines is 1. The number of hydrogen-bond acceptors (Lipinski definition) is 3. The lowest BCUT2D eigenvalue weighted by atomic mass is 9.97. The molecule has 0 bridgehead atoms. The Morgan fingerprint density at radius 2 is 2.10 bits per heavy atom. The Bertz CT molecular complexity index is 473. The maximum Gasteiger partial charge on any atom is 0.254 e. The summed E-state index contributed by atoms with van der Waals surface area (Å²) in [4.78, 5) is 14.7. The second kappa shape index (κ2) is 7.23. The van der Waals surface area contributed by atoms with Gasteiger partial charge in [-0.05, 0) is 42.7 Å². The van der Waals surface area contributed by atoms with Gasteiger partial charge in [0.2, 0.25) is 0 Å². The average Bonchev–Trinajstić information content (AvgIpc) is 2.75. The molecule has 1 saturated heterocycles. The number of nitrogens with one attached hydrogen (secondary N) is 1. The molecule has 2 aliphatic heterocycles. The standard InChI is InChI=1S/C15H20N2OS.ClH/c18-15(17-8-3-10-19-11-9-17)13-4-1-6-14-12(13)5-2-7-16-14;/h1,4,6,16H,2-3,5,7-11H2;1H. The van der Waals surface area contributed by atoms with E-state index in [1.165, 1.54) is 11.3 Å². The third-order valence-corrected chi connectivity index (χ3v) is 4.88. The fourth-order valence-electron chi connectivity index (χ4n) is 2.83. The van der Waals surface area contributed by atoms with Crippen molar-refractivity contribution in [2.24, 2.45) is 0 Å². The van der Waals surface area contributed by atoms with Crippen molar-refractivity contribution in [1.29, 1.82) is 0 Å². The third-order valence-electron chi connectivity index (χ3n) is 3.83. The first kappa shape index (κ1) is 15.5. The van der Waals surface area contributed by atoms with E-state index in [1.54, 1.807) is 0 Å². The Hall–Kier alpha value is -0.870. The normalized spacial score (nSPS) is 18.3. The van der Waals surface area contributed by atoms with E-state index in [1.807, 2.05) is 28.8 Å². The van der Waals surface area contributed by atoms with Gasteiger partial charge < -0.3 is 10.2 Å². The van der Waals surface area contributed by atoms with Crippen LogP contribution in [-0.2, 0) is 6.42 Å². The van der Waals surface area contributed by atoms with E-state index in [2.05, 4.69) is 11.4 Å². The van der Waals surface area contributed by atoms with Crippen molar-refractivity contribution in [1.82, 2.24) is 4.90 Å². The zero-order valence-electron chi connectivity index (χ0n) is 11.6. The summed E-state index contributed by atoms with van der Waals surface area (Å²) in [5, 5.41) is 3.40. The van der Waals surface area contributed by atoms with Crippen LogP contribution >= 0.6 is 24.2 Å². The van der Waals surface area contributed by atoms with Gasteiger partial charge in [-0.25, -0.2) is 0 Å². The van der Waals surface area contributed by atoms with Gasteiger partial charge in [-0.3, -0.25) is 4.79 Å². The predicted molar refractivity (Wildman–Crippen MR) is 88.3 cm³/mol. The summed E-state index contributed by atoms with van der Waals surface area (Å²) in [6.07, 6.45) is 3.25. The zero-order valence-corrected chi connectivity index (χ0v) is 13.2. The largest absolute Gasteiger partial charge is 0.385 e. The maximum absolute atomic E-state index is 12.7. The molecule has 20 heavy (non-hydrogen) atoms. The first-order valence-electron chi connectivity index (χ1n) is 7.09. The minimum absolute atomic E-state index is 0. The van der Waals surface area contributed by atoms with Crippen LogP contribution in [0.25, 0.3) is 0 Å². The van der Waals surface area contributed by atoms with E-state index in [-0.39, 0.29) is 18.3 Å². The van der Waals surface area contributed by atoms with Crippen molar-refractivity contribution in [2.75, 3.05) is 36.5 Å². The molecule has 0 aliphatic carbocycles. The lowest BCUT2D eigenvalue weighted by Gasteiger charge is -2.25. The zero-order chi connectivity index (χ0) is 13.1. The lowest BCUT2D eigenvalue weighted by molar-refractivity contribution is 0.0767. The fraction of sp³-hybridized carbons (Fsp3) is 0.533. The predicted octanol–water partition coefficient (Wildman–Crippen LogP) is 3.05. The summed E-state index contributed by atoms with van der Waals surface area (Å²) in [5.74, 6) is 2.47. The molecule has 1 N–H and O–H groups in total. The molecule has 2 heterocycles. The van der Waals surface area contributed by atoms with Crippen molar-refractivity contribution in [2.45, 2.75) is 19.3 Å². The van der Waals surface area contributed by atoms with Crippen LogP contribution in [0.5, 0.6) is 0 Å². The molecule has 0 unspecified atom stereocenters. The highest BCUT2D eigenvalue weighted by atomic mass is 35.5. The van der Waals surface area contributed by atoms with Crippen molar-refractivity contribution >= 4 is 35.8 Å². The summed E-state index contributed by atoms with van der Waals surface area (Å²) < 4.78 is 0. The van der Waals surface area contributed by atoms with Gasteiger partial charge >= 0.3 is 0 Å². The highest BCUT2D eigenvalue weighted by molar-refractivity contribution is 7.99. The quantitative estimate of drug-likeness (QED) is 0.865. The van der Waals surface area contributed by atoms with Gasteiger partial charge in [-0.15, -0.1) is 12.4 Å². The summed E-state index contributed by atoms with van der Waals surface area (Å²) in [7, 11) is 0. The van der Waals surface area contributed by atoms with E-state index in [4.69, 9.17) is 0 Å². The van der Waals surface area contributed by atoms with Gasteiger partial charge in [0.15, 0.2) is 0 Å². The third kappa shape index (κ3) is 3.23. The molecule has 1 aromatic rings. The Morgan fingerprint density at radius 3 is 3.00 bits per heavy atom. The second-order valence-corrected chi connectivity index (χ2v) is 6.34. The van der Waals surface area contributed by atoms with Gasteiger partial charge in [-0.2, -0.15) is 11.8 Å². The van der Waals surface area contributed by atoms with Gasteiger partial charge in [-0.1, -0.05) is 6.07 Å². The molecule has 0 aromatic heterocycles. The molecule has 3 rings (SSSR count). The van der Waals surface area contributed by atoms with Gasteiger partial charge in [0.05, 0.1) is 0 Å². The highest BCUT2D eigenvalue weighted by Gasteiger charge is 2.22. The highest BCUT2D eigenvalue weighted by Crippen LogP contribution is 2.26. The smallest absolute Gasteiger partial charge is 0.254 e. The van der Waals surface area contributed by atoms with Crippen molar-refractivity contribution in [3.63, 3.8) is 0 Å². The molecule has 1 amide bonds. The van der Waals surface area contributed by atoms with E-state index in [0.29, 0.717) is 0 Å². The molecule has 1 aromatic carbocycles. The SMILES string of the molecule is Cl.O=C(c1cccc2c1CCCN2)N1CCCSCC1. The van der Waals surface area contributed by atoms with Crippen molar-refractivity contribution in [3.05, 3.63) is 29.3 Å². The number of halogens is 1. The Morgan fingerprint density at radius 1 is 1.20 bits per heavy atom. The first-order chi connectivity index (χ1) is 9.36. The molecule has 5 heteroatoms. The molecule has 0 atom stereocenters. The van der Waals surface area contributed by atoms with Crippen LogP contribution in [-0.4, -0.2) is 41.9 Å². The topological polar surface area (TPSA) is 32.3 Å². The van der Waals surface area contributed by atoms with Gasteiger partial charge in [0.1, 0.15) is 0 Å². The fourth-order valence-corrected chi connectivity index (χ4v) is 3.72. The molecular formula is C15H21ClN2OS. The average molecular weight is 313 g/mol. The number of carbonyl (C=O) groups is 1. The second-order valence-electron chi connectivity index (χ2n) is 5.12. The molecule has 3 nitrogen and oxygen atoms in total. The van der Waals surface area contributed by atoms with Crippen LogP contribution in [0.15, 0.2) is 18.2 Å². The van der Waals surface area contributed by atoms with Crippen LogP contribution in [0.3, 0.4) is 0 Å². The number of rotatable bonds is 1. The van der Waals surface area contributed by atoms with E-state index < -0.39 is 0 Å². The Labute approximate surface area is 130 Å². The monoisotopic (exact) mass is 312 g/mol. The number of thioether (sulfide) groups is 1. The molecular weight excluding hydrogens is 292 g/mol. The van der Waals surface area contributed by atoms with Crippen molar-refractivity contribution < 1.29 is 4.79 Å². The summed E-state index contributed by atoms with van der Waals surface area (Å²) in [6, 6.07) is 6.08. The van der Waals surface area contributed by atoms with E-state index in [0.717, 1.165) is 55.9 Å². The number of carbonyl (C=O) groups excluding carboxylic acids is 1. The maximum atomic E-state index is 12.7. The number of nitrogens with zero attached hydrogens (tertiary/aromatic N) is 1. The Balaban J connectivity index is 0.00000147. The summed E-state index contributed by atoms with van der Waals surface area (Å²) >= 11 is 1.95. The van der Waals surface area contributed by atoms with Crippen LogP contribution in [0.1, 0.15) is 28.8 Å². The minimum Gasteiger partial charge on any atom is -0.385 e. The van der Waals surface area contributed by atoms with Crippen LogP contribution < -0.4 is 5.32 Å². The van der Waals surface area contributed by atoms with Gasteiger partial charge in [0.25, 0.3) is 5.91 Å². The number of fused-ring (bicyclic) bond motifs is 1. The molecule has 2 aliphatic rings. The summed E-state index contributed by atoms with van der Waals surface area (Å²) in [6.45, 7) is 2.81. The number of hydrogen-bond donors (Lipinski definition) is 1. The van der Waals surface area contributed by atoms with Crippen LogP contribution in [0.2, 0.25) is 0 Å². The Kier molecular flexibility index (Phi) is 5.61. The number of amides is 1.